The summed E-state index contributed by atoms with van der Waals surface area (Å²) in [6, 6.07) is 7.75. The number of ether oxygens (including phenoxy) is 1. The van der Waals surface area contributed by atoms with Crippen LogP contribution in [0.2, 0.25) is 0 Å². The van der Waals surface area contributed by atoms with Gasteiger partial charge in [0, 0.05) is 12.7 Å². The second-order valence-corrected chi connectivity index (χ2v) is 6.42. The summed E-state index contributed by atoms with van der Waals surface area (Å²) in [5.41, 5.74) is 7.98. The Balaban J connectivity index is 1.60. The van der Waals surface area contributed by atoms with Crippen molar-refractivity contribution in [3.05, 3.63) is 53.6 Å². The summed E-state index contributed by atoms with van der Waals surface area (Å²) in [5, 5.41) is 0. The lowest BCUT2D eigenvalue weighted by molar-refractivity contribution is -0.125. The second kappa shape index (κ2) is 5.98. The van der Waals surface area contributed by atoms with Gasteiger partial charge in [0.05, 0.1) is 29.7 Å². The van der Waals surface area contributed by atoms with Gasteiger partial charge in [0.25, 0.3) is 5.91 Å². The minimum Gasteiger partial charge on any atom is -0.433 e. The van der Waals surface area contributed by atoms with Gasteiger partial charge in [-0.3, -0.25) is 14.7 Å². The predicted molar refractivity (Wildman–Crippen MR) is 91.9 cm³/mol. The van der Waals surface area contributed by atoms with Crippen molar-refractivity contribution in [2.24, 2.45) is 5.73 Å². The maximum atomic E-state index is 14.8. The molecule has 3 heterocycles. The molecule has 2 atom stereocenters. The maximum absolute atomic E-state index is 14.8. The molecule has 0 aliphatic carbocycles. The van der Waals surface area contributed by atoms with Crippen LogP contribution in [-0.4, -0.2) is 29.1 Å². The number of nitrogens with two attached hydrogens (primary N) is 1. The number of aromatic nitrogens is 1. The molecule has 26 heavy (non-hydrogen) atoms. The van der Waals surface area contributed by atoms with Crippen LogP contribution < -0.4 is 15.5 Å². The lowest BCUT2D eigenvalue weighted by atomic mass is 10.1. The summed E-state index contributed by atoms with van der Waals surface area (Å²) >= 11 is 0. The van der Waals surface area contributed by atoms with E-state index in [0.717, 1.165) is 11.3 Å². The summed E-state index contributed by atoms with van der Waals surface area (Å²) in [5.74, 6) is -1.19. The number of nitrogens with zero attached hydrogens (tertiary/aromatic N) is 3. The molecule has 8 heteroatoms. The van der Waals surface area contributed by atoms with Gasteiger partial charge >= 0.3 is 6.09 Å². The first-order valence-corrected chi connectivity index (χ1v) is 8.22. The van der Waals surface area contributed by atoms with Gasteiger partial charge in [-0.25, -0.2) is 9.18 Å². The van der Waals surface area contributed by atoms with Gasteiger partial charge in [-0.05, 0) is 36.8 Å². The number of cyclic esters (lactones) is 1. The largest absolute Gasteiger partial charge is 0.433 e. The first kappa shape index (κ1) is 16.3. The number of benzene rings is 1. The minimum absolute atomic E-state index is 0.322. The fourth-order valence-electron chi connectivity index (χ4n) is 3.47. The van der Waals surface area contributed by atoms with E-state index < -0.39 is 30.0 Å². The van der Waals surface area contributed by atoms with E-state index in [0.29, 0.717) is 24.5 Å². The van der Waals surface area contributed by atoms with Gasteiger partial charge in [0.15, 0.2) is 0 Å². The van der Waals surface area contributed by atoms with Crippen LogP contribution in [0.4, 0.5) is 20.6 Å². The summed E-state index contributed by atoms with van der Waals surface area (Å²) in [6.45, 7) is 2.73. The number of fused-ring (bicyclic) bond motifs is 1. The third-order valence-electron chi connectivity index (χ3n) is 4.79. The monoisotopic (exact) mass is 356 g/mol. The van der Waals surface area contributed by atoms with Crippen molar-refractivity contribution < 1.29 is 18.7 Å². The van der Waals surface area contributed by atoms with E-state index in [9.17, 15) is 14.0 Å². The molecule has 0 spiro atoms. The van der Waals surface area contributed by atoms with Crippen molar-refractivity contribution in [1.82, 2.24) is 4.98 Å². The quantitative estimate of drug-likeness (QED) is 0.908. The normalized spacial score (nSPS) is 21.7. The van der Waals surface area contributed by atoms with Crippen molar-refractivity contribution in [2.45, 2.75) is 32.2 Å². The summed E-state index contributed by atoms with van der Waals surface area (Å²) in [6.07, 6.45) is -0.0484. The summed E-state index contributed by atoms with van der Waals surface area (Å²) < 4.78 is 19.7. The Morgan fingerprint density at radius 3 is 2.81 bits per heavy atom. The van der Waals surface area contributed by atoms with Crippen LogP contribution in [0.5, 0.6) is 0 Å². The van der Waals surface area contributed by atoms with Gasteiger partial charge in [-0.1, -0.05) is 6.07 Å². The third kappa shape index (κ3) is 2.54. The average Bonchev–Trinajstić information content (AvgIpc) is 3.15. The van der Waals surface area contributed by atoms with E-state index >= 15 is 0 Å². The molecular formula is C18H17FN4O3. The van der Waals surface area contributed by atoms with Crippen LogP contribution in [0.25, 0.3) is 0 Å². The van der Waals surface area contributed by atoms with Crippen molar-refractivity contribution >= 4 is 23.4 Å². The summed E-state index contributed by atoms with van der Waals surface area (Å²) in [7, 11) is 0. The Labute approximate surface area is 149 Å². The molecule has 2 aliphatic heterocycles. The zero-order chi connectivity index (χ0) is 18.4. The number of carbonyl (C=O) groups is 2. The first-order chi connectivity index (χ1) is 12.5. The SMILES string of the molecule is CC1[C@H](C(N)=O)OC(=O)N1c1ccc(N2Cc3cccnc3C2)c(F)c1. The molecule has 1 aromatic heterocycles. The zero-order valence-corrected chi connectivity index (χ0v) is 14.1. The fourth-order valence-corrected chi connectivity index (χ4v) is 3.47. The zero-order valence-electron chi connectivity index (χ0n) is 14.1. The molecule has 0 bridgehead atoms. The van der Waals surface area contributed by atoms with E-state index in [4.69, 9.17) is 10.5 Å². The molecule has 2 aliphatic rings. The highest BCUT2D eigenvalue weighted by Crippen LogP contribution is 2.33. The minimum atomic E-state index is -1.05. The van der Waals surface area contributed by atoms with Crippen LogP contribution in [-0.2, 0) is 22.6 Å². The van der Waals surface area contributed by atoms with E-state index in [2.05, 4.69) is 4.98 Å². The molecule has 1 aromatic carbocycles. The molecular weight excluding hydrogens is 339 g/mol. The van der Waals surface area contributed by atoms with E-state index in [1.165, 1.54) is 11.0 Å². The van der Waals surface area contributed by atoms with Gasteiger partial charge in [0.1, 0.15) is 5.82 Å². The molecule has 2 aromatic rings. The highest BCUT2D eigenvalue weighted by molar-refractivity contribution is 5.96. The number of carbonyl (C=O) groups excluding carboxylic acids is 2. The lowest BCUT2D eigenvalue weighted by Gasteiger charge is -2.22. The molecule has 134 valence electrons. The fraction of sp³-hybridized carbons (Fsp3) is 0.278. The molecule has 1 unspecified atom stereocenters. The highest BCUT2D eigenvalue weighted by atomic mass is 19.1. The molecule has 0 saturated carbocycles. The molecule has 2 amide bonds. The molecule has 1 fully saturated rings. The number of pyridine rings is 1. The van der Waals surface area contributed by atoms with E-state index in [1.54, 1.807) is 25.3 Å². The number of hydrogen-bond donors (Lipinski definition) is 1. The number of anilines is 2. The van der Waals surface area contributed by atoms with Gasteiger partial charge in [0.2, 0.25) is 6.10 Å². The number of amides is 2. The van der Waals surface area contributed by atoms with Crippen molar-refractivity contribution in [1.29, 1.82) is 0 Å². The molecule has 7 nitrogen and oxygen atoms in total. The van der Waals surface area contributed by atoms with Crippen LogP contribution in [0, 0.1) is 5.82 Å². The molecule has 0 radical (unpaired) electrons. The lowest BCUT2D eigenvalue weighted by Crippen LogP contribution is -2.40. The topological polar surface area (TPSA) is 88.8 Å². The van der Waals surface area contributed by atoms with Crippen molar-refractivity contribution in [3.8, 4) is 0 Å². The van der Waals surface area contributed by atoms with Gasteiger partial charge in [-0.15, -0.1) is 0 Å². The standard InChI is InChI=1S/C18H17FN4O3/c1-10-16(17(20)24)26-18(25)23(10)12-4-5-15(13(19)7-12)22-8-11-3-2-6-21-14(11)9-22/h2-7,10,16H,8-9H2,1H3,(H2,20,24)/t10?,16-/m1/s1. The number of rotatable bonds is 3. The molecule has 1 saturated heterocycles. The Kier molecular flexibility index (Phi) is 3.75. The average molecular weight is 356 g/mol. The van der Waals surface area contributed by atoms with Crippen molar-refractivity contribution in [2.75, 3.05) is 9.80 Å². The van der Waals surface area contributed by atoms with Gasteiger partial charge < -0.3 is 15.4 Å². The van der Waals surface area contributed by atoms with Crippen LogP contribution in [0.1, 0.15) is 18.2 Å². The molecule has 4 rings (SSSR count). The van der Waals surface area contributed by atoms with Crippen LogP contribution in [0.3, 0.4) is 0 Å². The Bertz CT molecular complexity index is 879. The van der Waals surface area contributed by atoms with E-state index in [-0.39, 0.29) is 0 Å². The third-order valence-corrected chi connectivity index (χ3v) is 4.79. The van der Waals surface area contributed by atoms with Gasteiger partial charge in [-0.2, -0.15) is 0 Å². The second-order valence-electron chi connectivity index (χ2n) is 6.42. The van der Waals surface area contributed by atoms with Crippen molar-refractivity contribution in [3.63, 3.8) is 0 Å². The first-order valence-electron chi connectivity index (χ1n) is 8.22. The molecule has 2 N–H and O–H groups in total. The van der Waals surface area contributed by atoms with E-state index in [1.807, 2.05) is 17.0 Å². The van der Waals surface area contributed by atoms with Crippen LogP contribution >= 0.6 is 0 Å². The Hall–Kier alpha value is -3.16. The highest BCUT2D eigenvalue weighted by Gasteiger charge is 2.43. The number of halogens is 1. The Morgan fingerprint density at radius 2 is 2.15 bits per heavy atom. The number of primary amides is 1. The smallest absolute Gasteiger partial charge is 0.415 e. The predicted octanol–water partition coefficient (Wildman–Crippen LogP) is 1.94. The maximum Gasteiger partial charge on any atom is 0.415 e. The Morgan fingerprint density at radius 1 is 1.35 bits per heavy atom. The summed E-state index contributed by atoms with van der Waals surface area (Å²) in [4.78, 5) is 30.9. The number of hydrogen-bond acceptors (Lipinski definition) is 5. The van der Waals surface area contributed by atoms with Crippen LogP contribution in [0.15, 0.2) is 36.5 Å².